The third-order valence-electron chi connectivity index (χ3n) is 5.19. The maximum Gasteiger partial charge on any atom is 0.0254 e. The standard InChI is InChI=1S/C16H33N3/c1-13-11-19(12-16(13)18(3)4)14(2)10-17-15-8-6-5-7-9-15/h13-17H,5-12H2,1-4H3. The molecule has 0 spiro atoms. The Balaban J connectivity index is 1.72. The molecule has 2 rings (SSSR count). The van der Waals surface area contributed by atoms with Crippen LogP contribution in [0, 0.1) is 5.92 Å². The molecule has 1 saturated carbocycles. The second-order valence-electron chi connectivity index (χ2n) is 7.05. The Morgan fingerprint density at radius 2 is 1.84 bits per heavy atom. The predicted octanol–water partition coefficient (Wildman–Crippen LogP) is 2.18. The Kier molecular flexibility index (Phi) is 5.67. The summed E-state index contributed by atoms with van der Waals surface area (Å²) in [5, 5.41) is 3.80. The van der Waals surface area contributed by atoms with Crippen LogP contribution in [0.25, 0.3) is 0 Å². The molecule has 1 saturated heterocycles. The molecule has 112 valence electrons. The van der Waals surface area contributed by atoms with Crippen molar-refractivity contribution in [2.75, 3.05) is 33.7 Å². The molecule has 1 heterocycles. The Morgan fingerprint density at radius 1 is 1.16 bits per heavy atom. The van der Waals surface area contributed by atoms with Crippen LogP contribution < -0.4 is 5.32 Å². The van der Waals surface area contributed by atoms with Crippen molar-refractivity contribution in [2.45, 2.75) is 64.1 Å². The number of hydrogen-bond donors (Lipinski definition) is 1. The number of likely N-dealkylation sites (N-methyl/N-ethyl adjacent to an activating group) is 1. The molecule has 3 nitrogen and oxygen atoms in total. The van der Waals surface area contributed by atoms with Gasteiger partial charge in [0.15, 0.2) is 0 Å². The zero-order chi connectivity index (χ0) is 13.8. The van der Waals surface area contributed by atoms with Crippen LogP contribution in [0.2, 0.25) is 0 Å². The maximum atomic E-state index is 3.80. The van der Waals surface area contributed by atoms with E-state index in [4.69, 9.17) is 0 Å². The zero-order valence-electron chi connectivity index (χ0n) is 13.4. The lowest BCUT2D eigenvalue weighted by Gasteiger charge is -2.29. The van der Waals surface area contributed by atoms with Crippen LogP contribution in [-0.4, -0.2) is 61.7 Å². The van der Waals surface area contributed by atoms with Crippen molar-refractivity contribution >= 4 is 0 Å². The van der Waals surface area contributed by atoms with Crippen LogP contribution in [0.3, 0.4) is 0 Å². The van der Waals surface area contributed by atoms with Gasteiger partial charge in [-0.1, -0.05) is 26.2 Å². The average molecular weight is 267 g/mol. The Morgan fingerprint density at radius 3 is 2.42 bits per heavy atom. The minimum Gasteiger partial charge on any atom is -0.312 e. The van der Waals surface area contributed by atoms with Crippen molar-refractivity contribution in [3.63, 3.8) is 0 Å². The van der Waals surface area contributed by atoms with Crippen molar-refractivity contribution in [3.8, 4) is 0 Å². The van der Waals surface area contributed by atoms with E-state index in [2.05, 4.69) is 43.1 Å². The molecule has 0 amide bonds. The van der Waals surface area contributed by atoms with Crippen LogP contribution in [0.5, 0.6) is 0 Å². The van der Waals surface area contributed by atoms with Crippen molar-refractivity contribution in [2.24, 2.45) is 5.92 Å². The van der Waals surface area contributed by atoms with Crippen molar-refractivity contribution < 1.29 is 0 Å². The molecular formula is C16H33N3. The minimum atomic E-state index is 0.675. The molecule has 3 unspecified atom stereocenters. The number of hydrogen-bond acceptors (Lipinski definition) is 3. The van der Waals surface area contributed by atoms with Gasteiger partial charge in [0.05, 0.1) is 0 Å². The summed E-state index contributed by atoms with van der Waals surface area (Å²) < 4.78 is 0. The smallest absolute Gasteiger partial charge is 0.0254 e. The first-order valence-corrected chi connectivity index (χ1v) is 8.21. The summed E-state index contributed by atoms with van der Waals surface area (Å²) in [5.74, 6) is 0.798. The molecule has 2 aliphatic rings. The summed E-state index contributed by atoms with van der Waals surface area (Å²) in [5.41, 5.74) is 0. The number of nitrogens with one attached hydrogen (secondary N) is 1. The van der Waals surface area contributed by atoms with Crippen LogP contribution in [0.15, 0.2) is 0 Å². The summed E-state index contributed by atoms with van der Waals surface area (Å²) in [7, 11) is 4.44. The molecular weight excluding hydrogens is 234 g/mol. The lowest BCUT2D eigenvalue weighted by molar-refractivity contribution is 0.213. The van der Waals surface area contributed by atoms with Gasteiger partial charge < -0.3 is 10.2 Å². The van der Waals surface area contributed by atoms with Crippen LogP contribution >= 0.6 is 0 Å². The van der Waals surface area contributed by atoms with Crippen molar-refractivity contribution in [3.05, 3.63) is 0 Å². The molecule has 0 bridgehead atoms. The molecule has 1 N–H and O–H groups in total. The molecule has 1 aliphatic carbocycles. The molecule has 19 heavy (non-hydrogen) atoms. The quantitative estimate of drug-likeness (QED) is 0.824. The molecule has 3 atom stereocenters. The van der Waals surface area contributed by atoms with E-state index in [-0.39, 0.29) is 0 Å². The maximum absolute atomic E-state index is 3.80. The number of rotatable bonds is 5. The first-order valence-electron chi connectivity index (χ1n) is 8.21. The fourth-order valence-electron chi connectivity index (χ4n) is 3.79. The SMILES string of the molecule is CC1CN(C(C)CNC2CCCCC2)CC1N(C)C. The van der Waals surface area contributed by atoms with Crippen LogP contribution in [0.4, 0.5) is 0 Å². The Hall–Kier alpha value is -0.120. The largest absolute Gasteiger partial charge is 0.312 e. The van der Waals surface area contributed by atoms with Crippen LogP contribution in [-0.2, 0) is 0 Å². The molecule has 2 fully saturated rings. The minimum absolute atomic E-state index is 0.675. The molecule has 0 radical (unpaired) electrons. The predicted molar refractivity (Wildman–Crippen MR) is 82.5 cm³/mol. The molecule has 3 heteroatoms. The van der Waals surface area contributed by atoms with Crippen molar-refractivity contribution in [1.29, 1.82) is 0 Å². The zero-order valence-corrected chi connectivity index (χ0v) is 13.4. The highest BCUT2D eigenvalue weighted by molar-refractivity contribution is 4.89. The summed E-state index contributed by atoms with van der Waals surface area (Å²) >= 11 is 0. The summed E-state index contributed by atoms with van der Waals surface area (Å²) in [6.07, 6.45) is 7.08. The highest BCUT2D eigenvalue weighted by Gasteiger charge is 2.33. The average Bonchev–Trinajstić information content (AvgIpc) is 2.79. The monoisotopic (exact) mass is 267 g/mol. The fraction of sp³-hybridized carbons (Fsp3) is 1.00. The summed E-state index contributed by atoms with van der Waals surface area (Å²) in [4.78, 5) is 5.07. The van der Waals surface area contributed by atoms with E-state index in [1.807, 2.05) is 0 Å². The lowest BCUT2D eigenvalue weighted by atomic mass is 9.95. The molecule has 0 aromatic carbocycles. The van der Waals surface area contributed by atoms with E-state index in [1.165, 1.54) is 45.2 Å². The first kappa shape index (κ1) is 15.3. The molecule has 1 aliphatic heterocycles. The van der Waals surface area contributed by atoms with Gasteiger partial charge >= 0.3 is 0 Å². The topological polar surface area (TPSA) is 18.5 Å². The van der Waals surface area contributed by atoms with Gasteiger partial charge in [-0.25, -0.2) is 0 Å². The van der Waals surface area contributed by atoms with Gasteiger partial charge in [-0.3, -0.25) is 4.90 Å². The summed E-state index contributed by atoms with van der Waals surface area (Å²) in [6, 6.07) is 2.20. The molecule has 0 aromatic rings. The third kappa shape index (κ3) is 4.17. The van der Waals surface area contributed by atoms with Gasteiger partial charge in [0.25, 0.3) is 0 Å². The van der Waals surface area contributed by atoms with E-state index in [9.17, 15) is 0 Å². The van der Waals surface area contributed by atoms with E-state index >= 15 is 0 Å². The van der Waals surface area contributed by atoms with Gasteiger partial charge in [-0.2, -0.15) is 0 Å². The molecule has 0 aromatic heterocycles. The second kappa shape index (κ2) is 7.05. The normalized spacial score (nSPS) is 32.1. The number of likely N-dealkylation sites (tertiary alicyclic amines) is 1. The van der Waals surface area contributed by atoms with Gasteiger partial charge in [-0.05, 0) is 39.8 Å². The van der Waals surface area contributed by atoms with Crippen LogP contribution in [0.1, 0.15) is 46.0 Å². The van der Waals surface area contributed by atoms with Gasteiger partial charge in [0.2, 0.25) is 0 Å². The lowest BCUT2D eigenvalue weighted by Crippen LogP contribution is -2.44. The first-order chi connectivity index (χ1) is 9.08. The van der Waals surface area contributed by atoms with Crippen molar-refractivity contribution in [1.82, 2.24) is 15.1 Å². The number of nitrogens with zero attached hydrogens (tertiary/aromatic N) is 2. The Labute approximate surface area is 119 Å². The fourth-order valence-corrected chi connectivity index (χ4v) is 3.79. The van der Waals surface area contributed by atoms with Gasteiger partial charge in [0, 0.05) is 37.8 Å². The third-order valence-corrected chi connectivity index (χ3v) is 5.19. The van der Waals surface area contributed by atoms with Gasteiger partial charge in [-0.15, -0.1) is 0 Å². The van der Waals surface area contributed by atoms with E-state index < -0.39 is 0 Å². The Bertz CT molecular complexity index is 261. The highest BCUT2D eigenvalue weighted by atomic mass is 15.3. The second-order valence-corrected chi connectivity index (χ2v) is 7.05. The van der Waals surface area contributed by atoms with E-state index in [0.717, 1.165) is 24.5 Å². The highest BCUT2D eigenvalue weighted by Crippen LogP contribution is 2.22. The summed E-state index contributed by atoms with van der Waals surface area (Å²) in [6.45, 7) is 8.45. The van der Waals surface area contributed by atoms with Gasteiger partial charge in [0.1, 0.15) is 0 Å². The van der Waals surface area contributed by atoms with E-state index in [1.54, 1.807) is 0 Å². The van der Waals surface area contributed by atoms with E-state index in [0.29, 0.717) is 6.04 Å².